The normalized spacial score (nSPS) is 21.8. The summed E-state index contributed by atoms with van der Waals surface area (Å²) in [6.45, 7) is 4.64. The Kier molecular flexibility index (Phi) is 4.12. The maximum Gasteiger partial charge on any atom is 0.357 e. The molecule has 0 spiro atoms. The van der Waals surface area contributed by atoms with Crippen molar-refractivity contribution in [2.24, 2.45) is 0 Å². The van der Waals surface area contributed by atoms with Gasteiger partial charge in [0, 0.05) is 19.1 Å². The summed E-state index contributed by atoms with van der Waals surface area (Å²) in [5.74, 6) is -0.278. The number of rotatable bonds is 2. The molecule has 1 N–H and O–H groups in total. The van der Waals surface area contributed by atoms with E-state index in [1.54, 1.807) is 17.2 Å². The van der Waals surface area contributed by atoms with Gasteiger partial charge in [0.1, 0.15) is 0 Å². The summed E-state index contributed by atoms with van der Waals surface area (Å²) in [7, 11) is 0. The molecule has 1 aliphatic heterocycles. The van der Waals surface area contributed by atoms with Gasteiger partial charge in [-0.3, -0.25) is 0 Å². The largest absolute Gasteiger partial charge is 0.364 e. The predicted molar refractivity (Wildman–Crippen MR) is 65.5 cm³/mol. The molecular formula is C13H18N2O2. The second-order valence-corrected chi connectivity index (χ2v) is 4.27. The molecule has 17 heavy (non-hydrogen) atoms. The zero-order valence-electron chi connectivity index (χ0n) is 10.1. The van der Waals surface area contributed by atoms with Gasteiger partial charge in [0.2, 0.25) is 0 Å². The molecule has 4 nitrogen and oxygen atoms in total. The van der Waals surface area contributed by atoms with E-state index >= 15 is 0 Å². The van der Waals surface area contributed by atoms with E-state index < -0.39 is 0 Å². The van der Waals surface area contributed by atoms with Crippen molar-refractivity contribution in [2.45, 2.75) is 19.4 Å². The fourth-order valence-corrected chi connectivity index (χ4v) is 1.86. The minimum absolute atomic E-state index is 0.262. The van der Waals surface area contributed by atoms with Crippen molar-refractivity contribution in [1.82, 2.24) is 10.4 Å². The minimum atomic E-state index is -0.278. The first-order chi connectivity index (χ1) is 8.27. The third-order valence-electron chi connectivity index (χ3n) is 2.95. The molecule has 0 unspecified atom stereocenters. The first-order valence-electron chi connectivity index (χ1n) is 6.02. The van der Waals surface area contributed by atoms with Crippen LogP contribution in [0.2, 0.25) is 0 Å². The maximum atomic E-state index is 11.9. The number of benzene rings is 1. The lowest BCUT2D eigenvalue weighted by atomic mass is 10.2. The van der Waals surface area contributed by atoms with Gasteiger partial charge in [0.05, 0.1) is 5.56 Å². The van der Waals surface area contributed by atoms with E-state index in [-0.39, 0.29) is 12.0 Å². The molecule has 0 amide bonds. The van der Waals surface area contributed by atoms with E-state index in [1.807, 2.05) is 18.2 Å². The number of nitrogens with zero attached hydrogens (tertiary/aromatic N) is 1. The maximum absolute atomic E-state index is 11.9. The molecule has 0 radical (unpaired) electrons. The molecule has 1 aromatic carbocycles. The Bertz CT molecular complexity index is 367. The standard InChI is InChI=1S/C13H18N2O2/c1-11-7-8-14-9-10-15(11)17-13(16)12-5-3-2-4-6-12/h2-6,11,14H,7-10H2,1H3/t11-/m1/s1. The van der Waals surface area contributed by atoms with Crippen molar-refractivity contribution in [3.05, 3.63) is 35.9 Å². The van der Waals surface area contributed by atoms with Gasteiger partial charge < -0.3 is 10.2 Å². The van der Waals surface area contributed by atoms with Crippen molar-refractivity contribution in [2.75, 3.05) is 19.6 Å². The fraction of sp³-hybridized carbons (Fsp3) is 0.462. The van der Waals surface area contributed by atoms with Gasteiger partial charge in [-0.2, -0.15) is 0 Å². The van der Waals surface area contributed by atoms with E-state index in [4.69, 9.17) is 4.84 Å². The monoisotopic (exact) mass is 234 g/mol. The van der Waals surface area contributed by atoms with Crippen LogP contribution < -0.4 is 5.32 Å². The van der Waals surface area contributed by atoms with Gasteiger partial charge in [-0.1, -0.05) is 18.2 Å². The quantitative estimate of drug-likeness (QED) is 0.840. The number of carbonyl (C=O) groups excluding carboxylic acids is 1. The van der Waals surface area contributed by atoms with Crippen molar-refractivity contribution < 1.29 is 9.63 Å². The second-order valence-electron chi connectivity index (χ2n) is 4.27. The van der Waals surface area contributed by atoms with E-state index in [0.717, 1.165) is 26.1 Å². The van der Waals surface area contributed by atoms with Crippen molar-refractivity contribution in [3.63, 3.8) is 0 Å². The molecule has 1 aliphatic rings. The number of hydrogen-bond acceptors (Lipinski definition) is 4. The average Bonchev–Trinajstić information content (AvgIpc) is 2.56. The van der Waals surface area contributed by atoms with E-state index in [9.17, 15) is 4.79 Å². The third kappa shape index (κ3) is 3.28. The highest BCUT2D eigenvalue weighted by Crippen LogP contribution is 2.10. The van der Waals surface area contributed by atoms with Crippen LogP contribution in [0.1, 0.15) is 23.7 Å². The van der Waals surface area contributed by atoms with Gasteiger partial charge in [-0.25, -0.2) is 4.79 Å². The smallest absolute Gasteiger partial charge is 0.357 e. The zero-order chi connectivity index (χ0) is 12.1. The Morgan fingerprint density at radius 1 is 1.35 bits per heavy atom. The summed E-state index contributed by atoms with van der Waals surface area (Å²) >= 11 is 0. The summed E-state index contributed by atoms with van der Waals surface area (Å²) in [6, 6.07) is 9.35. The van der Waals surface area contributed by atoms with Crippen LogP contribution in [0.15, 0.2) is 30.3 Å². The van der Waals surface area contributed by atoms with Gasteiger partial charge in [0.25, 0.3) is 0 Å². The molecule has 0 aromatic heterocycles. The van der Waals surface area contributed by atoms with Crippen LogP contribution >= 0.6 is 0 Å². The van der Waals surface area contributed by atoms with Crippen LogP contribution in [0.25, 0.3) is 0 Å². The van der Waals surface area contributed by atoms with E-state index in [1.165, 1.54) is 0 Å². The summed E-state index contributed by atoms with van der Waals surface area (Å²) in [6.07, 6.45) is 0.988. The summed E-state index contributed by atoms with van der Waals surface area (Å²) in [5, 5.41) is 5.06. The fourth-order valence-electron chi connectivity index (χ4n) is 1.86. The lowest BCUT2D eigenvalue weighted by Crippen LogP contribution is -2.36. The lowest BCUT2D eigenvalue weighted by Gasteiger charge is -2.24. The van der Waals surface area contributed by atoms with Gasteiger partial charge in [0.15, 0.2) is 0 Å². The van der Waals surface area contributed by atoms with Gasteiger partial charge in [-0.15, -0.1) is 5.06 Å². The Hall–Kier alpha value is -1.39. The van der Waals surface area contributed by atoms with Crippen LogP contribution in [0.3, 0.4) is 0 Å². The lowest BCUT2D eigenvalue weighted by molar-refractivity contribution is -0.130. The van der Waals surface area contributed by atoms with E-state index in [2.05, 4.69) is 12.2 Å². The van der Waals surface area contributed by atoms with Crippen LogP contribution in [0, 0.1) is 0 Å². The molecule has 2 rings (SSSR count). The molecule has 1 fully saturated rings. The Labute approximate surface area is 102 Å². The summed E-state index contributed by atoms with van der Waals surface area (Å²) < 4.78 is 0. The number of nitrogens with one attached hydrogen (secondary N) is 1. The van der Waals surface area contributed by atoms with Crippen LogP contribution in [0.4, 0.5) is 0 Å². The topological polar surface area (TPSA) is 41.6 Å². The number of carbonyl (C=O) groups is 1. The molecule has 1 saturated heterocycles. The second kappa shape index (κ2) is 5.80. The molecule has 1 aromatic rings. The van der Waals surface area contributed by atoms with Gasteiger partial charge >= 0.3 is 5.97 Å². The Morgan fingerprint density at radius 2 is 2.12 bits per heavy atom. The summed E-state index contributed by atoms with van der Waals surface area (Å²) in [4.78, 5) is 17.3. The highest BCUT2D eigenvalue weighted by Gasteiger charge is 2.21. The molecular weight excluding hydrogens is 216 g/mol. The van der Waals surface area contributed by atoms with Crippen molar-refractivity contribution in [1.29, 1.82) is 0 Å². The Balaban J connectivity index is 1.98. The molecule has 0 saturated carbocycles. The number of hydrogen-bond donors (Lipinski definition) is 1. The van der Waals surface area contributed by atoms with Crippen LogP contribution in [-0.4, -0.2) is 36.7 Å². The first kappa shape index (κ1) is 12.1. The van der Waals surface area contributed by atoms with Crippen molar-refractivity contribution in [3.8, 4) is 0 Å². The highest BCUT2D eigenvalue weighted by molar-refractivity contribution is 5.89. The predicted octanol–water partition coefficient (Wildman–Crippen LogP) is 1.44. The first-order valence-corrected chi connectivity index (χ1v) is 6.02. The number of hydroxylamine groups is 2. The average molecular weight is 234 g/mol. The minimum Gasteiger partial charge on any atom is -0.364 e. The van der Waals surface area contributed by atoms with E-state index in [0.29, 0.717) is 5.56 Å². The van der Waals surface area contributed by atoms with Crippen LogP contribution in [-0.2, 0) is 4.84 Å². The Morgan fingerprint density at radius 3 is 2.88 bits per heavy atom. The third-order valence-corrected chi connectivity index (χ3v) is 2.95. The van der Waals surface area contributed by atoms with Crippen LogP contribution in [0.5, 0.6) is 0 Å². The van der Waals surface area contributed by atoms with Gasteiger partial charge in [-0.05, 0) is 32.0 Å². The molecule has 0 bridgehead atoms. The highest BCUT2D eigenvalue weighted by atomic mass is 16.7. The molecule has 1 atom stereocenters. The van der Waals surface area contributed by atoms with Crippen molar-refractivity contribution >= 4 is 5.97 Å². The SMILES string of the molecule is C[C@@H]1CCNCCN1OC(=O)c1ccccc1. The molecule has 92 valence electrons. The molecule has 4 heteroatoms. The molecule has 0 aliphatic carbocycles. The summed E-state index contributed by atoms with van der Waals surface area (Å²) in [5.41, 5.74) is 0.594. The molecule has 1 heterocycles. The zero-order valence-corrected chi connectivity index (χ0v) is 10.1.